The molecular weight excluding hydrogens is 244 g/mol. The molecule has 112 valence electrons. The first kappa shape index (κ1) is 16.4. The van der Waals surface area contributed by atoms with Gasteiger partial charge >= 0.3 is 0 Å². The zero-order valence-electron chi connectivity index (χ0n) is 12.3. The third-order valence-electron chi connectivity index (χ3n) is 3.66. The number of methoxy groups -OCH3 is 1. The van der Waals surface area contributed by atoms with E-state index in [4.69, 9.17) is 9.47 Å². The molecular formula is C14H28N2O3. The van der Waals surface area contributed by atoms with E-state index in [2.05, 4.69) is 5.32 Å². The number of piperidine rings is 1. The first-order chi connectivity index (χ1) is 9.27. The largest absolute Gasteiger partial charge is 0.382 e. The molecule has 1 heterocycles. The Morgan fingerprint density at radius 1 is 1.26 bits per heavy atom. The molecule has 1 aliphatic rings. The lowest BCUT2D eigenvalue weighted by Crippen LogP contribution is -2.39. The van der Waals surface area contributed by atoms with E-state index >= 15 is 0 Å². The van der Waals surface area contributed by atoms with E-state index in [0.717, 1.165) is 38.4 Å². The summed E-state index contributed by atoms with van der Waals surface area (Å²) in [5.74, 6) is 0.999. The predicted molar refractivity (Wildman–Crippen MR) is 75.2 cm³/mol. The standard InChI is InChI=1S/C14H28N2O3/c1-15-7-3-13-4-8-16(9-5-13)14(17)6-10-19-12-11-18-2/h13,15H,3-12H2,1-2H3. The summed E-state index contributed by atoms with van der Waals surface area (Å²) in [5.41, 5.74) is 0. The Bertz CT molecular complexity index is 241. The lowest BCUT2D eigenvalue weighted by molar-refractivity contribution is -0.133. The maximum Gasteiger partial charge on any atom is 0.224 e. The molecule has 0 aliphatic carbocycles. The van der Waals surface area contributed by atoms with E-state index < -0.39 is 0 Å². The summed E-state index contributed by atoms with van der Waals surface area (Å²) in [7, 11) is 3.63. The normalized spacial score (nSPS) is 16.8. The molecule has 5 heteroatoms. The van der Waals surface area contributed by atoms with Gasteiger partial charge in [-0.1, -0.05) is 0 Å². The number of carbonyl (C=O) groups excluding carboxylic acids is 1. The second-order valence-electron chi connectivity index (χ2n) is 5.07. The van der Waals surface area contributed by atoms with E-state index in [1.165, 1.54) is 6.42 Å². The fraction of sp³-hybridized carbons (Fsp3) is 0.929. The molecule has 1 rings (SSSR count). The first-order valence-corrected chi connectivity index (χ1v) is 7.27. The van der Waals surface area contributed by atoms with Gasteiger partial charge in [0.15, 0.2) is 0 Å². The average molecular weight is 272 g/mol. The van der Waals surface area contributed by atoms with Crippen molar-refractivity contribution >= 4 is 5.91 Å². The maximum absolute atomic E-state index is 12.0. The fourth-order valence-corrected chi connectivity index (χ4v) is 2.38. The molecule has 0 atom stereocenters. The highest BCUT2D eigenvalue weighted by atomic mass is 16.5. The van der Waals surface area contributed by atoms with Crippen LogP contribution in [-0.4, -0.2) is 64.4 Å². The van der Waals surface area contributed by atoms with Crippen molar-refractivity contribution in [1.82, 2.24) is 10.2 Å². The molecule has 1 aliphatic heterocycles. The van der Waals surface area contributed by atoms with Crippen LogP contribution in [0.15, 0.2) is 0 Å². The number of nitrogens with zero attached hydrogens (tertiary/aromatic N) is 1. The highest BCUT2D eigenvalue weighted by Gasteiger charge is 2.21. The van der Waals surface area contributed by atoms with Gasteiger partial charge < -0.3 is 19.7 Å². The summed E-state index contributed by atoms with van der Waals surface area (Å²) in [6, 6.07) is 0. The molecule has 1 amide bonds. The van der Waals surface area contributed by atoms with Gasteiger partial charge in [0.2, 0.25) is 5.91 Å². The van der Waals surface area contributed by atoms with E-state index in [-0.39, 0.29) is 5.91 Å². The average Bonchev–Trinajstić information content (AvgIpc) is 2.45. The quantitative estimate of drug-likeness (QED) is 0.633. The predicted octanol–water partition coefficient (Wildman–Crippen LogP) is 0.888. The number of hydrogen-bond acceptors (Lipinski definition) is 4. The lowest BCUT2D eigenvalue weighted by Gasteiger charge is -2.32. The van der Waals surface area contributed by atoms with Crippen LogP contribution in [-0.2, 0) is 14.3 Å². The lowest BCUT2D eigenvalue weighted by atomic mass is 9.93. The van der Waals surface area contributed by atoms with E-state index in [0.29, 0.717) is 26.2 Å². The van der Waals surface area contributed by atoms with Crippen molar-refractivity contribution in [2.24, 2.45) is 5.92 Å². The van der Waals surface area contributed by atoms with Crippen LogP contribution in [0.3, 0.4) is 0 Å². The Labute approximate surface area is 116 Å². The zero-order valence-corrected chi connectivity index (χ0v) is 12.3. The van der Waals surface area contributed by atoms with Crippen molar-refractivity contribution in [3.63, 3.8) is 0 Å². The molecule has 0 saturated carbocycles. The molecule has 1 fully saturated rings. The van der Waals surface area contributed by atoms with Gasteiger partial charge in [0.05, 0.1) is 26.2 Å². The molecule has 5 nitrogen and oxygen atoms in total. The maximum atomic E-state index is 12.0. The van der Waals surface area contributed by atoms with Crippen molar-refractivity contribution in [3.8, 4) is 0 Å². The van der Waals surface area contributed by atoms with E-state index in [1.54, 1.807) is 7.11 Å². The summed E-state index contributed by atoms with van der Waals surface area (Å²) in [5, 5.41) is 3.19. The number of rotatable bonds is 9. The van der Waals surface area contributed by atoms with Gasteiger partial charge in [-0.25, -0.2) is 0 Å². The van der Waals surface area contributed by atoms with Gasteiger partial charge in [-0.05, 0) is 38.8 Å². The number of ether oxygens (including phenoxy) is 2. The molecule has 0 unspecified atom stereocenters. The number of hydrogen-bond donors (Lipinski definition) is 1. The van der Waals surface area contributed by atoms with Gasteiger partial charge in [-0.3, -0.25) is 4.79 Å². The molecule has 19 heavy (non-hydrogen) atoms. The van der Waals surface area contributed by atoms with Gasteiger partial charge in [-0.2, -0.15) is 0 Å². The summed E-state index contributed by atoms with van der Waals surface area (Å²) in [6.45, 7) is 4.55. The van der Waals surface area contributed by atoms with Gasteiger partial charge in [0, 0.05) is 20.2 Å². The molecule has 0 bridgehead atoms. The van der Waals surface area contributed by atoms with Crippen molar-refractivity contribution < 1.29 is 14.3 Å². The minimum absolute atomic E-state index is 0.226. The highest BCUT2D eigenvalue weighted by molar-refractivity contribution is 5.76. The van der Waals surface area contributed by atoms with Crippen molar-refractivity contribution in [3.05, 3.63) is 0 Å². The number of carbonyl (C=O) groups is 1. The second-order valence-corrected chi connectivity index (χ2v) is 5.07. The van der Waals surface area contributed by atoms with Crippen LogP contribution in [0.25, 0.3) is 0 Å². The van der Waals surface area contributed by atoms with Crippen LogP contribution in [0, 0.1) is 5.92 Å². The number of nitrogens with one attached hydrogen (secondary N) is 1. The minimum Gasteiger partial charge on any atom is -0.382 e. The van der Waals surface area contributed by atoms with Crippen LogP contribution in [0.2, 0.25) is 0 Å². The van der Waals surface area contributed by atoms with Crippen LogP contribution in [0.4, 0.5) is 0 Å². The summed E-state index contributed by atoms with van der Waals surface area (Å²) >= 11 is 0. The molecule has 0 aromatic heterocycles. The van der Waals surface area contributed by atoms with Gasteiger partial charge in [0.25, 0.3) is 0 Å². The summed E-state index contributed by atoms with van der Waals surface area (Å²) < 4.78 is 10.2. The van der Waals surface area contributed by atoms with Crippen molar-refractivity contribution in [2.45, 2.75) is 25.7 Å². The Hall–Kier alpha value is -0.650. The van der Waals surface area contributed by atoms with Crippen molar-refractivity contribution in [1.29, 1.82) is 0 Å². The third kappa shape index (κ3) is 6.89. The Morgan fingerprint density at radius 2 is 2.00 bits per heavy atom. The molecule has 0 aromatic rings. The zero-order chi connectivity index (χ0) is 13.9. The van der Waals surface area contributed by atoms with Crippen LogP contribution in [0.1, 0.15) is 25.7 Å². The van der Waals surface area contributed by atoms with Gasteiger partial charge in [-0.15, -0.1) is 0 Å². The Kier molecular flexibility index (Phi) is 8.79. The molecule has 0 radical (unpaired) electrons. The minimum atomic E-state index is 0.226. The molecule has 1 saturated heterocycles. The van der Waals surface area contributed by atoms with Gasteiger partial charge in [0.1, 0.15) is 0 Å². The Balaban J connectivity index is 2.07. The topological polar surface area (TPSA) is 50.8 Å². The molecule has 0 spiro atoms. The molecule has 1 N–H and O–H groups in total. The first-order valence-electron chi connectivity index (χ1n) is 7.27. The second kappa shape index (κ2) is 10.2. The van der Waals surface area contributed by atoms with Crippen LogP contribution in [0.5, 0.6) is 0 Å². The summed E-state index contributed by atoms with van der Waals surface area (Å²) in [6.07, 6.45) is 3.99. The van der Waals surface area contributed by atoms with Crippen LogP contribution < -0.4 is 5.32 Å². The van der Waals surface area contributed by atoms with E-state index in [9.17, 15) is 4.79 Å². The van der Waals surface area contributed by atoms with Crippen LogP contribution >= 0.6 is 0 Å². The summed E-state index contributed by atoms with van der Waals surface area (Å²) in [4.78, 5) is 13.9. The highest BCUT2D eigenvalue weighted by Crippen LogP contribution is 2.20. The number of amides is 1. The third-order valence-corrected chi connectivity index (χ3v) is 3.66. The number of likely N-dealkylation sites (tertiary alicyclic amines) is 1. The van der Waals surface area contributed by atoms with Crippen molar-refractivity contribution in [2.75, 3.05) is 53.6 Å². The van der Waals surface area contributed by atoms with E-state index in [1.807, 2.05) is 11.9 Å². The smallest absolute Gasteiger partial charge is 0.224 e. The Morgan fingerprint density at radius 3 is 2.63 bits per heavy atom. The molecule has 0 aromatic carbocycles. The fourth-order valence-electron chi connectivity index (χ4n) is 2.38. The monoisotopic (exact) mass is 272 g/mol. The SMILES string of the molecule is CNCCC1CCN(C(=O)CCOCCOC)CC1.